The van der Waals surface area contributed by atoms with Crippen LogP contribution in [0.2, 0.25) is 0 Å². The maximum Gasteiger partial charge on any atom is 0.235 e. The molecule has 0 spiro atoms. The van der Waals surface area contributed by atoms with Crippen LogP contribution in [0.25, 0.3) is 0 Å². The zero-order chi connectivity index (χ0) is 14.0. The number of hydrogen-bond acceptors (Lipinski definition) is 3. The zero-order valence-corrected chi connectivity index (χ0v) is 12.0. The van der Waals surface area contributed by atoms with E-state index in [4.69, 9.17) is 4.74 Å². The summed E-state index contributed by atoms with van der Waals surface area (Å²) < 4.78 is 5.54. The van der Waals surface area contributed by atoms with Gasteiger partial charge in [0, 0.05) is 0 Å². The Morgan fingerprint density at radius 3 is 2.60 bits per heavy atom. The summed E-state index contributed by atoms with van der Waals surface area (Å²) in [5.41, 5.74) is 2.18. The van der Waals surface area contributed by atoms with Crippen molar-refractivity contribution in [1.82, 2.24) is 0 Å². The minimum Gasteiger partial charge on any atom is -0.496 e. The second-order valence-corrected chi connectivity index (χ2v) is 6.03. The van der Waals surface area contributed by atoms with Crippen molar-refractivity contribution in [3.63, 3.8) is 0 Å². The molecule has 0 heterocycles. The van der Waals surface area contributed by atoms with Gasteiger partial charge in [-0.2, -0.15) is 4.99 Å². The largest absolute Gasteiger partial charge is 0.496 e. The predicted molar refractivity (Wildman–Crippen MR) is 77.9 cm³/mol. The Morgan fingerprint density at radius 2 is 2.00 bits per heavy atom. The first-order chi connectivity index (χ1) is 9.79. The highest BCUT2D eigenvalue weighted by molar-refractivity contribution is 5.47. The van der Waals surface area contributed by atoms with Crippen molar-refractivity contribution in [1.29, 1.82) is 0 Å². The lowest BCUT2D eigenvalue weighted by molar-refractivity contribution is 0.386. The molecule has 3 heteroatoms. The molecule has 3 nitrogen and oxygen atoms in total. The van der Waals surface area contributed by atoms with Gasteiger partial charge in [0.25, 0.3) is 0 Å². The Labute approximate surface area is 120 Å². The molecule has 20 heavy (non-hydrogen) atoms. The summed E-state index contributed by atoms with van der Waals surface area (Å²) in [5, 5.41) is 0. The van der Waals surface area contributed by atoms with Crippen LogP contribution in [-0.2, 0) is 10.3 Å². The van der Waals surface area contributed by atoms with E-state index >= 15 is 0 Å². The fraction of sp³-hybridized carbons (Fsp3) is 0.588. The van der Waals surface area contributed by atoms with E-state index in [-0.39, 0.29) is 5.54 Å². The van der Waals surface area contributed by atoms with Crippen LogP contribution in [0, 0.1) is 0 Å². The van der Waals surface area contributed by atoms with Gasteiger partial charge >= 0.3 is 0 Å². The van der Waals surface area contributed by atoms with E-state index in [0.717, 1.165) is 24.2 Å². The Hall–Kier alpha value is -1.60. The summed E-state index contributed by atoms with van der Waals surface area (Å²) in [6.07, 6.45) is 10.1. The third-order valence-corrected chi connectivity index (χ3v) is 4.80. The van der Waals surface area contributed by atoms with Gasteiger partial charge in [-0.25, -0.2) is 4.79 Å². The van der Waals surface area contributed by atoms with Gasteiger partial charge in [-0.15, -0.1) is 0 Å². The maximum absolute atomic E-state index is 10.6. The zero-order valence-electron chi connectivity index (χ0n) is 12.0. The molecular weight excluding hydrogens is 250 g/mol. The van der Waals surface area contributed by atoms with E-state index in [1.807, 2.05) is 6.07 Å². The Morgan fingerprint density at radius 1 is 1.25 bits per heavy atom. The number of methoxy groups -OCH3 is 1. The Bertz CT molecular complexity index is 536. The number of isocyanates is 1. The van der Waals surface area contributed by atoms with E-state index in [1.54, 1.807) is 13.2 Å². The highest BCUT2D eigenvalue weighted by Crippen LogP contribution is 2.51. The number of rotatable bonds is 4. The van der Waals surface area contributed by atoms with Gasteiger partial charge < -0.3 is 4.74 Å². The average Bonchev–Trinajstić information content (AvgIpc) is 3.29. The molecule has 2 aliphatic carbocycles. The molecule has 3 rings (SSSR count). The third-order valence-electron chi connectivity index (χ3n) is 4.80. The third kappa shape index (κ3) is 2.38. The molecule has 2 fully saturated rings. The first-order valence-electron chi connectivity index (χ1n) is 7.56. The molecule has 2 aliphatic rings. The lowest BCUT2D eigenvalue weighted by Crippen LogP contribution is -2.09. The van der Waals surface area contributed by atoms with Gasteiger partial charge in [-0.1, -0.05) is 25.3 Å². The minimum atomic E-state index is -0.280. The van der Waals surface area contributed by atoms with Crippen LogP contribution in [0.3, 0.4) is 0 Å². The summed E-state index contributed by atoms with van der Waals surface area (Å²) >= 11 is 0. The van der Waals surface area contributed by atoms with Crippen LogP contribution < -0.4 is 4.74 Å². The molecule has 1 aromatic rings. The normalized spacial score (nSPS) is 21.1. The summed E-state index contributed by atoms with van der Waals surface area (Å²) in [6.45, 7) is 0. The Balaban J connectivity index is 1.96. The van der Waals surface area contributed by atoms with Crippen molar-refractivity contribution in [2.24, 2.45) is 4.99 Å². The van der Waals surface area contributed by atoms with Crippen LogP contribution in [-0.4, -0.2) is 13.2 Å². The molecule has 0 bridgehead atoms. The highest BCUT2D eigenvalue weighted by Gasteiger charge is 2.45. The molecule has 0 radical (unpaired) electrons. The standard InChI is InChI=1S/C17H21NO2/c1-20-16-8-7-14(17(9-10-17)18-12-19)11-15(16)13-5-3-2-4-6-13/h7-8,11,13H,2-6,9-10H2,1H3. The van der Waals surface area contributed by atoms with Gasteiger partial charge in [-0.05, 0) is 54.9 Å². The second-order valence-electron chi connectivity index (χ2n) is 6.03. The van der Waals surface area contributed by atoms with Gasteiger partial charge in [0.05, 0.1) is 12.6 Å². The number of ether oxygens (including phenoxy) is 1. The van der Waals surface area contributed by atoms with E-state index in [2.05, 4.69) is 17.1 Å². The summed E-state index contributed by atoms with van der Waals surface area (Å²) in [5.74, 6) is 1.57. The highest BCUT2D eigenvalue weighted by atomic mass is 16.5. The van der Waals surface area contributed by atoms with E-state index in [1.165, 1.54) is 37.7 Å². The van der Waals surface area contributed by atoms with E-state index in [0.29, 0.717) is 5.92 Å². The molecule has 0 unspecified atom stereocenters. The lowest BCUT2D eigenvalue weighted by atomic mass is 9.82. The predicted octanol–water partition coefficient (Wildman–Crippen LogP) is 4.07. The SMILES string of the molecule is COc1ccc(C2(N=C=O)CC2)cc1C1CCCCC1. The van der Waals surface area contributed by atoms with Gasteiger partial charge in [-0.3, -0.25) is 0 Å². The minimum absolute atomic E-state index is 0.280. The monoisotopic (exact) mass is 271 g/mol. The number of nitrogens with zero attached hydrogens (tertiary/aromatic N) is 1. The molecule has 0 N–H and O–H groups in total. The van der Waals surface area contributed by atoms with Crippen LogP contribution in [0.5, 0.6) is 5.75 Å². The van der Waals surface area contributed by atoms with Crippen molar-refractivity contribution in [3.05, 3.63) is 29.3 Å². The lowest BCUT2D eigenvalue weighted by Gasteiger charge is -2.25. The first-order valence-corrected chi connectivity index (χ1v) is 7.56. The van der Waals surface area contributed by atoms with E-state index < -0.39 is 0 Å². The fourth-order valence-electron chi connectivity index (χ4n) is 3.43. The van der Waals surface area contributed by atoms with Gasteiger partial charge in [0.1, 0.15) is 5.75 Å². The topological polar surface area (TPSA) is 38.7 Å². The molecule has 0 atom stereocenters. The van der Waals surface area contributed by atoms with E-state index in [9.17, 15) is 4.79 Å². The number of aliphatic imine (C=N–C) groups is 1. The quantitative estimate of drug-likeness (QED) is 0.611. The molecule has 106 valence electrons. The molecule has 0 saturated heterocycles. The summed E-state index contributed by atoms with van der Waals surface area (Å²) in [6, 6.07) is 6.32. The van der Waals surface area contributed by atoms with Crippen molar-refractivity contribution in [2.75, 3.05) is 7.11 Å². The number of carbonyl (C=O) groups excluding carboxylic acids is 1. The smallest absolute Gasteiger partial charge is 0.235 e. The molecule has 2 saturated carbocycles. The first kappa shape index (κ1) is 13.4. The summed E-state index contributed by atoms with van der Waals surface area (Å²) in [7, 11) is 1.73. The molecule has 1 aromatic carbocycles. The van der Waals surface area contributed by atoms with Crippen LogP contribution in [0.15, 0.2) is 23.2 Å². The van der Waals surface area contributed by atoms with Gasteiger partial charge in [0.15, 0.2) is 0 Å². The number of benzene rings is 1. The van der Waals surface area contributed by atoms with Crippen molar-refractivity contribution >= 4 is 6.08 Å². The van der Waals surface area contributed by atoms with Crippen molar-refractivity contribution < 1.29 is 9.53 Å². The molecular formula is C17H21NO2. The summed E-state index contributed by atoms with van der Waals surface area (Å²) in [4.78, 5) is 14.7. The molecule has 0 amide bonds. The number of hydrogen-bond donors (Lipinski definition) is 0. The average molecular weight is 271 g/mol. The van der Waals surface area contributed by atoms with Crippen molar-refractivity contribution in [3.8, 4) is 5.75 Å². The van der Waals surface area contributed by atoms with Crippen LogP contribution >= 0.6 is 0 Å². The molecule has 0 aromatic heterocycles. The van der Waals surface area contributed by atoms with Crippen LogP contribution in [0.4, 0.5) is 0 Å². The maximum atomic E-state index is 10.6. The van der Waals surface area contributed by atoms with Gasteiger partial charge in [0.2, 0.25) is 6.08 Å². The Kier molecular flexibility index (Phi) is 3.62. The van der Waals surface area contributed by atoms with Crippen molar-refractivity contribution in [2.45, 2.75) is 56.4 Å². The van der Waals surface area contributed by atoms with Crippen LogP contribution in [0.1, 0.15) is 62.0 Å². The fourth-order valence-corrected chi connectivity index (χ4v) is 3.43. The second kappa shape index (κ2) is 5.41. The molecule has 0 aliphatic heterocycles.